The van der Waals surface area contributed by atoms with E-state index in [4.69, 9.17) is 5.73 Å². The summed E-state index contributed by atoms with van der Waals surface area (Å²) >= 11 is 0. The second kappa shape index (κ2) is 4.36. The fraction of sp³-hybridized carbons (Fsp3) is 0.900. The molecule has 1 heterocycles. The molecule has 8 nitrogen and oxygen atoms in total. The van der Waals surface area contributed by atoms with Crippen molar-refractivity contribution in [2.24, 2.45) is 11.7 Å². The summed E-state index contributed by atoms with van der Waals surface area (Å²) < 4.78 is 0. The molecule has 0 spiro atoms. The Labute approximate surface area is 105 Å². The number of hydrogen-bond donors (Lipinski definition) is 2. The van der Waals surface area contributed by atoms with Crippen LogP contribution in [-0.2, 0) is 9.63 Å². The minimum absolute atomic E-state index is 0.101. The molecule has 3 N–H and O–H groups in total. The Morgan fingerprint density at radius 1 is 1.44 bits per heavy atom. The summed E-state index contributed by atoms with van der Waals surface area (Å²) in [4.78, 5) is 26.5. The molecule has 0 bridgehead atoms. The summed E-state index contributed by atoms with van der Waals surface area (Å²) in [5.41, 5.74) is 3.41. The predicted octanol–water partition coefficient (Wildman–Crippen LogP) is -0.992. The molecule has 0 radical (unpaired) electrons. The average Bonchev–Trinajstić information content (AvgIpc) is 2.11. The fourth-order valence-electron chi connectivity index (χ4n) is 2.94. The first kappa shape index (κ1) is 14.7. The van der Waals surface area contributed by atoms with Gasteiger partial charge in [0, 0.05) is 6.42 Å². The third kappa shape index (κ3) is 2.39. The molecule has 0 saturated carbocycles. The number of nitrogens with zero attached hydrogens (tertiary/aromatic N) is 1. The van der Waals surface area contributed by atoms with Gasteiger partial charge in [0.15, 0.2) is 0 Å². The van der Waals surface area contributed by atoms with E-state index in [2.05, 4.69) is 4.84 Å². The number of amides is 1. The second-order valence-corrected chi connectivity index (χ2v) is 5.89. The zero-order chi connectivity index (χ0) is 14.3. The third-order valence-electron chi connectivity index (χ3n) is 3.59. The van der Waals surface area contributed by atoms with Gasteiger partial charge in [-0.3, -0.25) is 4.79 Å². The molecule has 1 amide bonds. The molecule has 104 valence electrons. The summed E-state index contributed by atoms with van der Waals surface area (Å²) in [5, 5.41) is 21.7. The highest BCUT2D eigenvalue weighted by Crippen LogP contribution is 2.31. The highest BCUT2D eigenvalue weighted by Gasteiger charge is 2.56. The van der Waals surface area contributed by atoms with E-state index in [0.29, 0.717) is 0 Å². The number of carbonyl (C=O) groups excluding carboxylic acids is 1. The van der Waals surface area contributed by atoms with E-state index in [1.54, 1.807) is 27.7 Å². The van der Waals surface area contributed by atoms with Crippen molar-refractivity contribution in [2.75, 3.05) is 0 Å². The van der Waals surface area contributed by atoms with E-state index in [1.807, 2.05) is 0 Å². The molecular formula is C10H19N3O5. The van der Waals surface area contributed by atoms with E-state index < -0.39 is 34.1 Å². The minimum atomic E-state index is -1.08. The summed E-state index contributed by atoms with van der Waals surface area (Å²) in [6, 6.07) is 0. The largest absolute Gasteiger partial charge is 0.634 e. The minimum Gasteiger partial charge on any atom is -0.634 e. The number of carbonyl (C=O) groups is 1. The van der Waals surface area contributed by atoms with Crippen molar-refractivity contribution in [1.29, 1.82) is 0 Å². The van der Waals surface area contributed by atoms with Gasteiger partial charge in [0.25, 0.3) is 5.09 Å². The van der Waals surface area contributed by atoms with E-state index in [9.17, 15) is 20.1 Å². The van der Waals surface area contributed by atoms with Gasteiger partial charge in [0.2, 0.25) is 5.91 Å². The lowest BCUT2D eigenvalue weighted by molar-refractivity contribution is -0.963. The molecule has 3 atom stereocenters. The van der Waals surface area contributed by atoms with Crippen molar-refractivity contribution in [2.45, 2.75) is 51.3 Å². The molecule has 0 aromatic carbocycles. The van der Waals surface area contributed by atoms with E-state index in [0.717, 1.165) is 0 Å². The van der Waals surface area contributed by atoms with Crippen LogP contribution >= 0.6 is 0 Å². The molecule has 1 aliphatic heterocycles. The van der Waals surface area contributed by atoms with Crippen LogP contribution in [0.1, 0.15) is 34.1 Å². The number of primary amides is 1. The Kier molecular flexibility index (Phi) is 3.55. The standard InChI is InChI=1S/C10H19N3O5/c1-9(2)5-6(18-13(16)17)7(8(11)14)10(3,4)12(9)15/h6-7,12H,5H2,1-4H3,(H2,11,14). The number of rotatable bonds is 3. The fourth-order valence-corrected chi connectivity index (χ4v) is 2.94. The van der Waals surface area contributed by atoms with Crippen molar-refractivity contribution < 1.29 is 19.8 Å². The molecular weight excluding hydrogens is 242 g/mol. The topological polar surface area (TPSA) is 123 Å². The highest BCUT2D eigenvalue weighted by molar-refractivity contribution is 5.78. The number of quaternary nitrogens is 1. The van der Waals surface area contributed by atoms with Gasteiger partial charge in [-0.05, 0) is 27.7 Å². The quantitative estimate of drug-likeness (QED) is 0.383. The van der Waals surface area contributed by atoms with Crippen LogP contribution in [0.5, 0.6) is 0 Å². The van der Waals surface area contributed by atoms with Crippen molar-refractivity contribution in [3.05, 3.63) is 15.3 Å². The van der Waals surface area contributed by atoms with Crippen LogP contribution in [0.2, 0.25) is 0 Å². The van der Waals surface area contributed by atoms with Crippen LogP contribution in [0.25, 0.3) is 0 Å². The predicted molar refractivity (Wildman–Crippen MR) is 61.7 cm³/mol. The lowest BCUT2D eigenvalue weighted by Gasteiger charge is -2.56. The number of hydroxylamine groups is 2. The maximum Gasteiger partial charge on any atom is 0.294 e. The van der Waals surface area contributed by atoms with Crippen LogP contribution in [0, 0.1) is 21.2 Å². The summed E-state index contributed by atoms with van der Waals surface area (Å²) in [5.74, 6) is -1.75. The molecule has 3 unspecified atom stereocenters. The van der Waals surface area contributed by atoms with Crippen LogP contribution in [0.4, 0.5) is 0 Å². The van der Waals surface area contributed by atoms with E-state index >= 15 is 0 Å². The highest BCUT2D eigenvalue weighted by atomic mass is 17.0. The molecule has 0 aromatic heterocycles. The number of hydrogen-bond acceptors (Lipinski definition) is 5. The van der Waals surface area contributed by atoms with Gasteiger partial charge >= 0.3 is 0 Å². The van der Waals surface area contributed by atoms with Gasteiger partial charge in [-0.2, -0.15) is 0 Å². The van der Waals surface area contributed by atoms with Crippen molar-refractivity contribution in [3.63, 3.8) is 0 Å². The van der Waals surface area contributed by atoms with Crippen LogP contribution < -0.4 is 10.8 Å². The van der Waals surface area contributed by atoms with Crippen LogP contribution in [0.3, 0.4) is 0 Å². The van der Waals surface area contributed by atoms with Gasteiger partial charge in [-0.1, -0.05) is 0 Å². The van der Waals surface area contributed by atoms with Crippen molar-refractivity contribution >= 4 is 5.91 Å². The van der Waals surface area contributed by atoms with E-state index in [1.165, 1.54) is 0 Å². The molecule has 0 aliphatic carbocycles. The monoisotopic (exact) mass is 261 g/mol. The molecule has 1 saturated heterocycles. The number of nitrogens with two attached hydrogens (primary N) is 1. The molecule has 1 fully saturated rings. The lowest BCUT2D eigenvalue weighted by Crippen LogP contribution is -3.24. The zero-order valence-corrected chi connectivity index (χ0v) is 10.9. The van der Waals surface area contributed by atoms with Gasteiger partial charge in [0.1, 0.15) is 17.6 Å². The maximum atomic E-state index is 12.3. The number of nitrogens with one attached hydrogen (secondary N) is 1. The summed E-state index contributed by atoms with van der Waals surface area (Å²) in [7, 11) is 0. The Hall–Kier alpha value is -1.41. The summed E-state index contributed by atoms with van der Waals surface area (Å²) in [6.07, 6.45) is -0.885. The Bertz CT molecular complexity index is 369. The Morgan fingerprint density at radius 3 is 2.33 bits per heavy atom. The zero-order valence-electron chi connectivity index (χ0n) is 10.9. The number of piperidine rings is 1. The molecule has 1 aliphatic rings. The molecule has 8 heteroatoms. The SMILES string of the molecule is CC1(C)CC(O[N+](=O)[O-])C(C(N)=O)C(C)(C)[NH+]1[O-]. The molecule has 18 heavy (non-hydrogen) atoms. The average molecular weight is 261 g/mol. The van der Waals surface area contributed by atoms with Gasteiger partial charge in [-0.15, -0.1) is 10.1 Å². The smallest absolute Gasteiger partial charge is 0.294 e. The molecule has 1 rings (SSSR count). The lowest BCUT2D eigenvalue weighted by atomic mass is 9.72. The van der Waals surface area contributed by atoms with Crippen molar-refractivity contribution in [3.8, 4) is 0 Å². The van der Waals surface area contributed by atoms with Gasteiger partial charge in [0.05, 0.1) is 5.54 Å². The van der Waals surface area contributed by atoms with Gasteiger partial charge < -0.3 is 20.8 Å². The van der Waals surface area contributed by atoms with E-state index in [-0.39, 0.29) is 11.5 Å². The summed E-state index contributed by atoms with van der Waals surface area (Å²) in [6.45, 7) is 6.51. The Morgan fingerprint density at radius 2 is 1.94 bits per heavy atom. The molecule has 0 aromatic rings. The first-order valence-electron chi connectivity index (χ1n) is 5.65. The second-order valence-electron chi connectivity index (χ2n) is 5.89. The normalized spacial score (nSPS) is 33.7. The van der Waals surface area contributed by atoms with Crippen LogP contribution in [-0.4, -0.2) is 28.2 Å². The van der Waals surface area contributed by atoms with Crippen molar-refractivity contribution in [1.82, 2.24) is 0 Å². The first-order valence-corrected chi connectivity index (χ1v) is 5.65. The maximum absolute atomic E-state index is 12.3. The third-order valence-corrected chi connectivity index (χ3v) is 3.59. The first-order chi connectivity index (χ1) is 8.00. The van der Waals surface area contributed by atoms with Gasteiger partial charge in [-0.25, -0.2) is 0 Å². The Balaban J connectivity index is 3.16. The van der Waals surface area contributed by atoms with Crippen LogP contribution in [0.15, 0.2) is 0 Å².